The number of sulfonamides is 1. The normalized spacial score (nSPS) is 18.8. The number of primary amides is 1. The molecule has 3 amide bonds. The number of likely N-dealkylation sites (tertiary alicyclic amines) is 1. The molecule has 0 radical (unpaired) electrons. The minimum absolute atomic E-state index is 0.00897. The predicted molar refractivity (Wildman–Crippen MR) is 138 cm³/mol. The van der Waals surface area contributed by atoms with Gasteiger partial charge in [-0.25, -0.2) is 18.1 Å². The van der Waals surface area contributed by atoms with Gasteiger partial charge < -0.3 is 20.5 Å². The summed E-state index contributed by atoms with van der Waals surface area (Å²) in [6.07, 6.45) is 3.21. The zero-order chi connectivity index (χ0) is 27.6. The second kappa shape index (κ2) is 11.0. The Kier molecular flexibility index (Phi) is 7.99. The topological polar surface area (TPSA) is 174 Å². The van der Waals surface area contributed by atoms with Gasteiger partial charge in [0.15, 0.2) is 5.03 Å². The molecule has 4 N–H and O–H groups in total. The standard InChI is InChI=1S/C23H30N8O5S2/c1-14-9-19(30(3)27-14)23(34)31-7-6-15(28-38(35,36)20-12-29(2)13-25-20)10-18(31)22(33)26-17(21(24)32)11-16-5-4-8-37-16/h4-5,8-9,12-13,15,17-18,28H,6-7,10-11H2,1-3H3,(H2,24,32)(H,26,33). The lowest BCUT2D eigenvalue weighted by Crippen LogP contribution is -2.60. The minimum atomic E-state index is -3.96. The highest BCUT2D eigenvalue weighted by Gasteiger charge is 2.40. The highest BCUT2D eigenvalue weighted by Crippen LogP contribution is 2.23. The first-order valence-electron chi connectivity index (χ1n) is 11.9. The summed E-state index contributed by atoms with van der Waals surface area (Å²) in [6.45, 7) is 1.85. The van der Waals surface area contributed by atoms with Crippen molar-refractivity contribution in [1.29, 1.82) is 0 Å². The number of hydrogen-bond acceptors (Lipinski definition) is 8. The van der Waals surface area contributed by atoms with Crippen molar-refractivity contribution in [3.63, 3.8) is 0 Å². The van der Waals surface area contributed by atoms with E-state index in [1.54, 1.807) is 27.1 Å². The van der Waals surface area contributed by atoms with Crippen LogP contribution in [0.25, 0.3) is 0 Å². The molecule has 38 heavy (non-hydrogen) atoms. The molecule has 0 aromatic carbocycles. The number of nitrogens with one attached hydrogen (secondary N) is 2. The van der Waals surface area contributed by atoms with Crippen LogP contribution in [0.3, 0.4) is 0 Å². The molecule has 0 saturated carbocycles. The number of amides is 3. The molecule has 0 aliphatic carbocycles. The van der Waals surface area contributed by atoms with Crippen molar-refractivity contribution < 1.29 is 22.8 Å². The second-order valence-electron chi connectivity index (χ2n) is 9.28. The first-order chi connectivity index (χ1) is 17.9. The summed E-state index contributed by atoms with van der Waals surface area (Å²) in [5.41, 5.74) is 6.50. The molecule has 4 rings (SSSR count). The molecule has 4 heterocycles. The Hall–Kier alpha value is -3.56. The van der Waals surface area contributed by atoms with Gasteiger partial charge in [-0.05, 0) is 37.3 Å². The van der Waals surface area contributed by atoms with Crippen molar-refractivity contribution in [2.45, 2.75) is 49.3 Å². The Labute approximate surface area is 224 Å². The van der Waals surface area contributed by atoms with Crippen molar-refractivity contribution in [1.82, 2.24) is 34.3 Å². The lowest BCUT2D eigenvalue weighted by atomic mass is 9.96. The number of aryl methyl sites for hydroxylation is 3. The molecular formula is C23H30N8O5S2. The Morgan fingerprint density at radius 2 is 2.05 bits per heavy atom. The number of carbonyl (C=O) groups is 3. The van der Waals surface area contributed by atoms with Gasteiger partial charge >= 0.3 is 0 Å². The van der Waals surface area contributed by atoms with E-state index in [0.29, 0.717) is 5.69 Å². The third kappa shape index (κ3) is 6.11. The molecule has 3 aromatic rings. The molecule has 1 saturated heterocycles. The number of thiophene rings is 1. The van der Waals surface area contributed by atoms with Gasteiger partial charge in [-0.2, -0.15) is 5.10 Å². The number of hydrogen-bond donors (Lipinski definition) is 3. The van der Waals surface area contributed by atoms with E-state index in [0.717, 1.165) is 4.88 Å². The van der Waals surface area contributed by atoms with Crippen LogP contribution in [0.4, 0.5) is 0 Å². The van der Waals surface area contributed by atoms with E-state index in [2.05, 4.69) is 20.1 Å². The molecule has 3 unspecified atom stereocenters. The number of imidazole rings is 1. The van der Waals surface area contributed by atoms with Gasteiger partial charge in [-0.3, -0.25) is 19.1 Å². The fraction of sp³-hybridized carbons (Fsp3) is 0.435. The lowest BCUT2D eigenvalue weighted by Gasteiger charge is -2.39. The van der Waals surface area contributed by atoms with E-state index < -0.39 is 45.9 Å². The van der Waals surface area contributed by atoms with Gasteiger partial charge in [0.1, 0.15) is 17.8 Å². The molecule has 15 heteroatoms. The van der Waals surface area contributed by atoms with E-state index in [-0.39, 0.29) is 36.5 Å². The highest BCUT2D eigenvalue weighted by molar-refractivity contribution is 7.89. The van der Waals surface area contributed by atoms with Crippen LogP contribution in [-0.2, 0) is 40.1 Å². The molecule has 0 bridgehead atoms. The van der Waals surface area contributed by atoms with E-state index in [4.69, 9.17) is 5.73 Å². The fourth-order valence-corrected chi connectivity index (χ4v) is 6.47. The SMILES string of the molecule is Cc1cc(C(=O)N2CCC(NS(=O)(=O)c3cn(C)cn3)CC2C(=O)NC(Cc2cccs2)C(N)=O)n(C)n1. The second-order valence-corrected chi connectivity index (χ2v) is 12.0. The quantitative estimate of drug-likeness (QED) is 0.320. The van der Waals surface area contributed by atoms with Crippen molar-refractivity contribution >= 4 is 39.1 Å². The van der Waals surface area contributed by atoms with Crippen LogP contribution >= 0.6 is 11.3 Å². The summed E-state index contributed by atoms with van der Waals surface area (Å²) in [6, 6.07) is 2.57. The Morgan fingerprint density at radius 1 is 1.29 bits per heavy atom. The summed E-state index contributed by atoms with van der Waals surface area (Å²) >= 11 is 1.43. The maximum Gasteiger partial charge on any atom is 0.272 e. The van der Waals surface area contributed by atoms with E-state index in [1.807, 2.05) is 17.5 Å². The van der Waals surface area contributed by atoms with Gasteiger partial charge in [-0.1, -0.05) is 6.07 Å². The summed E-state index contributed by atoms with van der Waals surface area (Å²) < 4.78 is 31.3. The van der Waals surface area contributed by atoms with Crippen molar-refractivity contribution in [3.05, 3.63) is 52.4 Å². The minimum Gasteiger partial charge on any atom is -0.368 e. The average molecular weight is 563 g/mol. The number of rotatable bonds is 9. The summed E-state index contributed by atoms with van der Waals surface area (Å²) in [4.78, 5) is 45.3. The van der Waals surface area contributed by atoms with E-state index in [1.165, 1.54) is 38.0 Å². The summed E-state index contributed by atoms with van der Waals surface area (Å²) in [5, 5.41) is 8.61. The number of nitrogens with zero attached hydrogens (tertiary/aromatic N) is 5. The van der Waals surface area contributed by atoms with Crippen LogP contribution in [-0.4, -0.2) is 75.0 Å². The molecule has 1 fully saturated rings. The third-order valence-corrected chi connectivity index (χ3v) is 8.61. The summed E-state index contributed by atoms with van der Waals surface area (Å²) in [7, 11) is -0.669. The monoisotopic (exact) mass is 562 g/mol. The molecule has 3 atom stereocenters. The average Bonchev–Trinajstić information content (AvgIpc) is 3.59. The third-order valence-electron chi connectivity index (χ3n) is 6.31. The largest absolute Gasteiger partial charge is 0.368 e. The number of aromatic nitrogens is 4. The molecule has 1 aliphatic rings. The Bertz CT molecular complexity index is 1430. The number of piperidine rings is 1. The smallest absolute Gasteiger partial charge is 0.272 e. The number of carbonyl (C=O) groups excluding carboxylic acids is 3. The fourth-order valence-electron chi connectivity index (χ4n) is 4.45. The zero-order valence-electron chi connectivity index (χ0n) is 21.2. The van der Waals surface area contributed by atoms with Crippen LogP contribution in [0.5, 0.6) is 0 Å². The zero-order valence-corrected chi connectivity index (χ0v) is 22.8. The first-order valence-corrected chi connectivity index (χ1v) is 14.2. The predicted octanol–water partition coefficient (Wildman–Crippen LogP) is -0.312. The molecule has 13 nitrogen and oxygen atoms in total. The van der Waals surface area contributed by atoms with Crippen LogP contribution in [0.2, 0.25) is 0 Å². The van der Waals surface area contributed by atoms with E-state index in [9.17, 15) is 22.8 Å². The van der Waals surface area contributed by atoms with Crippen LogP contribution in [0, 0.1) is 6.92 Å². The number of nitrogens with two attached hydrogens (primary N) is 1. The van der Waals surface area contributed by atoms with Crippen molar-refractivity contribution in [2.75, 3.05) is 6.54 Å². The van der Waals surface area contributed by atoms with E-state index >= 15 is 0 Å². The molecular weight excluding hydrogens is 532 g/mol. The summed E-state index contributed by atoms with van der Waals surface area (Å²) in [5.74, 6) is -1.73. The van der Waals surface area contributed by atoms with Gasteiger partial charge in [0.05, 0.1) is 12.0 Å². The molecule has 0 spiro atoms. The van der Waals surface area contributed by atoms with Gasteiger partial charge in [0.2, 0.25) is 11.8 Å². The first kappa shape index (κ1) is 27.5. The highest BCUT2D eigenvalue weighted by atomic mass is 32.2. The Balaban J connectivity index is 1.58. The van der Waals surface area contributed by atoms with Crippen LogP contribution < -0.4 is 15.8 Å². The van der Waals surface area contributed by atoms with Gasteiger partial charge in [0, 0.05) is 44.2 Å². The Morgan fingerprint density at radius 3 is 2.63 bits per heavy atom. The molecule has 3 aromatic heterocycles. The van der Waals surface area contributed by atoms with Crippen LogP contribution in [0.1, 0.15) is 33.9 Å². The molecule has 1 aliphatic heterocycles. The maximum atomic E-state index is 13.5. The van der Waals surface area contributed by atoms with Crippen LogP contribution in [0.15, 0.2) is 41.1 Å². The maximum absolute atomic E-state index is 13.5. The van der Waals surface area contributed by atoms with Gasteiger partial charge in [0.25, 0.3) is 15.9 Å². The van der Waals surface area contributed by atoms with Gasteiger partial charge in [-0.15, -0.1) is 11.3 Å². The van der Waals surface area contributed by atoms with Crippen molar-refractivity contribution in [2.24, 2.45) is 19.8 Å². The van der Waals surface area contributed by atoms with Crippen molar-refractivity contribution in [3.8, 4) is 0 Å². The lowest BCUT2D eigenvalue weighted by molar-refractivity contribution is -0.131. The molecule has 204 valence electrons.